The molecule has 1 aliphatic heterocycles. The van der Waals surface area contributed by atoms with Crippen molar-refractivity contribution in [3.8, 4) is 0 Å². The van der Waals surface area contributed by atoms with Gasteiger partial charge in [0.2, 0.25) is 0 Å². The van der Waals surface area contributed by atoms with Crippen molar-refractivity contribution in [2.24, 2.45) is 10.9 Å². The van der Waals surface area contributed by atoms with E-state index in [9.17, 15) is 10.1 Å². The number of nitrogens with one attached hydrogen (secondary N) is 3. The van der Waals surface area contributed by atoms with Crippen molar-refractivity contribution in [1.82, 2.24) is 10.6 Å². The summed E-state index contributed by atoms with van der Waals surface area (Å²) in [7, 11) is 0. The van der Waals surface area contributed by atoms with E-state index in [2.05, 4.69) is 20.9 Å². The van der Waals surface area contributed by atoms with Gasteiger partial charge in [-0.15, -0.1) is 0 Å². The number of aliphatic imine (C=N–C) groups is 1. The molecule has 29 heavy (non-hydrogen) atoms. The second kappa shape index (κ2) is 13.7. The number of guanidine groups is 1. The largest absolute Gasteiger partial charge is 0.381 e. The Kier molecular flexibility index (Phi) is 10.8. The first-order valence-corrected chi connectivity index (χ1v) is 10.4. The van der Waals surface area contributed by atoms with Crippen molar-refractivity contribution < 1.29 is 14.4 Å². The van der Waals surface area contributed by atoms with Crippen LogP contribution in [0.15, 0.2) is 29.3 Å². The molecule has 1 aliphatic rings. The average molecular weight is 408 g/mol. The monoisotopic (exact) mass is 407 g/mol. The fourth-order valence-corrected chi connectivity index (χ4v) is 3.02. The molecule has 162 valence electrons. The van der Waals surface area contributed by atoms with Crippen LogP contribution in [0, 0.1) is 16.0 Å². The fourth-order valence-electron chi connectivity index (χ4n) is 3.02. The third-order valence-electron chi connectivity index (χ3n) is 4.59. The zero-order valence-corrected chi connectivity index (χ0v) is 17.2. The number of nitro benzene ring substituents is 1. The van der Waals surface area contributed by atoms with Crippen LogP contribution in [0.3, 0.4) is 0 Å². The normalized spacial score (nSPS) is 15.1. The van der Waals surface area contributed by atoms with Gasteiger partial charge in [-0.2, -0.15) is 0 Å². The Morgan fingerprint density at radius 2 is 2.07 bits per heavy atom. The summed E-state index contributed by atoms with van der Waals surface area (Å²) in [6, 6.07) is 6.63. The van der Waals surface area contributed by atoms with Gasteiger partial charge >= 0.3 is 0 Å². The second-order valence-corrected chi connectivity index (χ2v) is 6.87. The highest BCUT2D eigenvalue weighted by Gasteiger charge is 2.13. The number of nitro groups is 1. The third kappa shape index (κ3) is 9.10. The summed E-state index contributed by atoms with van der Waals surface area (Å²) < 4.78 is 11.1. The van der Waals surface area contributed by atoms with E-state index in [0.717, 1.165) is 51.6 Å². The van der Waals surface area contributed by atoms with Crippen molar-refractivity contribution in [3.05, 3.63) is 34.4 Å². The van der Waals surface area contributed by atoms with E-state index < -0.39 is 0 Å². The maximum absolute atomic E-state index is 11.0. The molecule has 0 saturated carbocycles. The SMILES string of the molecule is CCNC(=NCCCOCC1CCOCC1)NCCNc1ccccc1[N+](=O)[O-]. The van der Waals surface area contributed by atoms with Crippen molar-refractivity contribution in [2.45, 2.75) is 26.2 Å². The number of hydrogen-bond acceptors (Lipinski definition) is 6. The summed E-state index contributed by atoms with van der Waals surface area (Å²) in [5.41, 5.74) is 0.594. The number of hydrogen-bond donors (Lipinski definition) is 3. The van der Waals surface area contributed by atoms with Crippen molar-refractivity contribution in [1.29, 1.82) is 0 Å². The van der Waals surface area contributed by atoms with E-state index in [-0.39, 0.29) is 10.6 Å². The lowest BCUT2D eigenvalue weighted by Crippen LogP contribution is -2.39. The van der Waals surface area contributed by atoms with Crippen molar-refractivity contribution in [3.63, 3.8) is 0 Å². The molecule has 0 aromatic heterocycles. The van der Waals surface area contributed by atoms with Crippen LogP contribution in [-0.2, 0) is 9.47 Å². The molecule has 0 unspecified atom stereocenters. The summed E-state index contributed by atoms with van der Waals surface area (Å²) >= 11 is 0. The summed E-state index contributed by atoms with van der Waals surface area (Å²) in [6.45, 7) is 7.82. The van der Waals surface area contributed by atoms with Crippen LogP contribution >= 0.6 is 0 Å². The highest BCUT2D eigenvalue weighted by Crippen LogP contribution is 2.22. The highest BCUT2D eigenvalue weighted by atomic mass is 16.6. The van der Waals surface area contributed by atoms with Crippen LogP contribution < -0.4 is 16.0 Å². The minimum Gasteiger partial charge on any atom is -0.381 e. The molecule has 3 N–H and O–H groups in total. The van der Waals surface area contributed by atoms with Crippen LogP contribution in [0.2, 0.25) is 0 Å². The molecule has 1 heterocycles. The number of nitrogens with zero attached hydrogens (tertiary/aromatic N) is 2. The topological polar surface area (TPSA) is 110 Å². The average Bonchev–Trinajstić information content (AvgIpc) is 2.74. The Bertz CT molecular complexity index is 635. The zero-order valence-electron chi connectivity index (χ0n) is 17.2. The summed E-state index contributed by atoms with van der Waals surface area (Å²) in [5, 5.41) is 20.6. The molecule has 1 saturated heterocycles. The van der Waals surface area contributed by atoms with E-state index in [4.69, 9.17) is 9.47 Å². The predicted octanol–water partition coefficient (Wildman–Crippen LogP) is 2.40. The van der Waals surface area contributed by atoms with E-state index >= 15 is 0 Å². The standard InChI is InChI=1S/C20H33N5O4/c1-2-21-20(23-10-5-13-29-16-17-8-14-28-15-9-17)24-12-11-22-18-6-3-4-7-19(18)25(26)27/h3-4,6-7,17,22H,2,5,8-16H2,1H3,(H2,21,23,24). The van der Waals surface area contributed by atoms with Crippen LogP contribution in [0.5, 0.6) is 0 Å². The number of rotatable bonds is 12. The number of ether oxygens (including phenoxy) is 2. The molecule has 0 atom stereocenters. The van der Waals surface area contributed by atoms with E-state index in [0.29, 0.717) is 37.8 Å². The fraction of sp³-hybridized carbons (Fsp3) is 0.650. The van der Waals surface area contributed by atoms with Gasteiger partial charge in [0, 0.05) is 58.7 Å². The van der Waals surface area contributed by atoms with Gasteiger partial charge in [0.25, 0.3) is 5.69 Å². The molecule has 9 nitrogen and oxygen atoms in total. The van der Waals surface area contributed by atoms with Crippen LogP contribution in [0.25, 0.3) is 0 Å². The van der Waals surface area contributed by atoms with Crippen LogP contribution in [-0.4, -0.2) is 63.5 Å². The molecule has 2 rings (SSSR count). The molecule has 0 radical (unpaired) electrons. The maximum Gasteiger partial charge on any atom is 0.292 e. The van der Waals surface area contributed by atoms with Gasteiger partial charge < -0.3 is 25.4 Å². The molecular formula is C20H33N5O4. The Morgan fingerprint density at radius 3 is 2.83 bits per heavy atom. The predicted molar refractivity (Wildman–Crippen MR) is 115 cm³/mol. The van der Waals surface area contributed by atoms with Crippen molar-refractivity contribution in [2.75, 3.05) is 57.9 Å². The van der Waals surface area contributed by atoms with Crippen LogP contribution in [0.1, 0.15) is 26.2 Å². The molecule has 0 amide bonds. The van der Waals surface area contributed by atoms with E-state index in [1.807, 2.05) is 6.92 Å². The minimum atomic E-state index is -0.384. The number of benzene rings is 1. The number of anilines is 1. The first kappa shape index (κ1) is 22.9. The first-order chi connectivity index (χ1) is 14.2. The van der Waals surface area contributed by atoms with E-state index in [1.165, 1.54) is 6.07 Å². The Morgan fingerprint density at radius 1 is 1.28 bits per heavy atom. The minimum absolute atomic E-state index is 0.0776. The lowest BCUT2D eigenvalue weighted by atomic mass is 10.0. The first-order valence-electron chi connectivity index (χ1n) is 10.4. The van der Waals surface area contributed by atoms with E-state index in [1.54, 1.807) is 18.2 Å². The number of para-hydroxylation sites is 2. The van der Waals surface area contributed by atoms with Crippen molar-refractivity contribution >= 4 is 17.3 Å². The Balaban J connectivity index is 1.62. The summed E-state index contributed by atoms with van der Waals surface area (Å²) in [6.07, 6.45) is 3.05. The van der Waals surface area contributed by atoms with Gasteiger partial charge in [0.15, 0.2) is 5.96 Å². The third-order valence-corrected chi connectivity index (χ3v) is 4.59. The van der Waals surface area contributed by atoms with Gasteiger partial charge in [-0.25, -0.2) is 0 Å². The molecule has 0 aliphatic carbocycles. The highest BCUT2D eigenvalue weighted by molar-refractivity contribution is 5.79. The maximum atomic E-state index is 11.0. The molecule has 0 bridgehead atoms. The Labute approximate surface area is 172 Å². The lowest BCUT2D eigenvalue weighted by molar-refractivity contribution is -0.384. The second-order valence-electron chi connectivity index (χ2n) is 6.87. The summed E-state index contributed by atoms with van der Waals surface area (Å²) in [5.74, 6) is 1.36. The summed E-state index contributed by atoms with van der Waals surface area (Å²) in [4.78, 5) is 15.2. The molecular weight excluding hydrogens is 374 g/mol. The molecule has 1 aromatic carbocycles. The lowest BCUT2D eigenvalue weighted by Gasteiger charge is -2.21. The smallest absolute Gasteiger partial charge is 0.292 e. The van der Waals surface area contributed by atoms with Crippen LogP contribution in [0.4, 0.5) is 11.4 Å². The molecule has 0 spiro atoms. The van der Waals surface area contributed by atoms with Gasteiger partial charge in [-0.3, -0.25) is 15.1 Å². The quantitative estimate of drug-likeness (QED) is 0.160. The Hall–Kier alpha value is -2.39. The zero-order chi connectivity index (χ0) is 20.7. The van der Waals surface area contributed by atoms with Gasteiger partial charge in [-0.05, 0) is 38.2 Å². The molecule has 1 aromatic rings. The van der Waals surface area contributed by atoms with Gasteiger partial charge in [0.1, 0.15) is 5.69 Å². The molecule has 9 heteroatoms. The molecule has 1 fully saturated rings. The van der Waals surface area contributed by atoms with Gasteiger partial charge in [0.05, 0.1) is 4.92 Å². The van der Waals surface area contributed by atoms with Gasteiger partial charge in [-0.1, -0.05) is 12.1 Å².